The Bertz CT molecular complexity index is 765. The highest BCUT2D eigenvalue weighted by Crippen LogP contribution is 2.31. The highest BCUT2D eigenvalue weighted by molar-refractivity contribution is 8.01. The maximum absolute atomic E-state index is 5.53. The molecule has 0 unspecified atom stereocenters. The summed E-state index contributed by atoms with van der Waals surface area (Å²) in [5, 5.41) is 0. The number of thioether (sulfide) groups is 1. The van der Waals surface area contributed by atoms with E-state index in [1.807, 2.05) is 25.1 Å². The van der Waals surface area contributed by atoms with E-state index in [0.717, 1.165) is 21.4 Å². The number of ether oxygens (including phenoxy) is 1. The zero-order valence-corrected chi connectivity index (χ0v) is 14.0. The van der Waals surface area contributed by atoms with E-state index in [1.165, 1.54) is 10.3 Å². The molecule has 0 spiro atoms. The maximum atomic E-state index is 5.53. The van der Waals surface area contributed by atoms with E-state index >= 15 is 0 Å². The van der Waals surface area contributed by atoms with Gasteiger partial charge in [0.25, 0.3) is 0 Å². The molecule has 0 saturated heterocycles. The molecule has 0 aliphatic rings. The Morgan fingerprint density at radius 2 is 2.05 bits per heavy atom. The minimum absolute atomic E-state index is 0.691. The molecule has 1 heterocycles. The molecular weight excluding hydrogens is 310 g/mol. The molecule has 0 N–H and O–H groups in total. The van der Waals surface area contributed by atoms with E-state index in [0.29, 0.717) is 6.61 Å². The number of thiazole rings is 1. The Morgan fingerprint density at radius 1 is 1.18 bits per heavy atom. The summed E-state index contributed by atoms with van der Waals surface area (Å²) in [7, 11) is 0. The summed E-state index contributed by atoms with van der Waals surface area (Å²) in [5.41, 5.74) is 2.27. The number of rotatable bonds is 6. The van der Waals surface area contributed by atoms with Crippen molar-refractivity contribution in [2.45, 2.75) is 11.3 Å². The Balaban J connectivity index is 1.63. The molecule has 2 aromatic carbocycles. The van der Waals surface area contributed by atoms with Crippen LogP contribution in [0.4, 0.5) is 0 Å². The fourth-order valence-corrected chi connectivity index (χ4v) is 4.00. The van der Waals surface area contributed by atoms with Crippen LogP contribution in [0.15, 0.2) is 58.9 Å². The first-order chi connectivity index (χ1) is 10.8. The van der Waals surface area contributed by atoms with Crippen LogP contribution in [0.2, 0.25) is 0 Å². The number of hydrogen-bond donors (Lipinski definition) is 0. The quantitative estimate of drug-likeness (QED) is 0.558. The molecule has 0 aliphatic heterocycles. The molecule has 2 nitrogen and oxygen atoms in total. The Kier molecular flexibility index (Phi) is 5.14. The highest BCUT2D eigenvalue weighted by atomic mass is 32.2. The molecular formula is C18H17NOS2. The van der Waals surface area contributed by atoms with Crippen LogP contribution >= 0.6 is 23.1 Å². The van der Waals surface area contributed by atoms with Crippen LogP contribution < -0.4 is 4.74 Å². The lowest BCUT2D eigenvalue weighted by Gasteiger charge is -2.00. The lowest BCUT2D eigenvalue weighted by molar-refractivity contribution is 0.341. The lowest BCUT2D eigenvalue weighted by atomic mass is 10.2. The van der Waals surface area contributed by atoms with Gasteiger partial charge in [-0.3, -0.25) is 0 Å². The van der Waals surface area contributed by atoms with Gasteiger partial charge in [-0.15, -0.1) is 11.3 Å². The van der Waals surface area contributed by atoms with Crippen LogP contribution in [-0.2, 0) is 0 Å². The molecule has 4 heteroatoms. The third kappa shape index (κ3) is 3.90. The van der Waals surface area contributed by atoms with Crippen molar-refractivity contribution in [3.63, 3.8) is 0 Å². The first-order valence-electron chi connectivity index (χ1n) is 7.23. The Hall–Kier alpha value is -1.78. The number of benzene rings is 2. The van der Waals surface area contributed by atoms with Crippen molar-refractivity contribution in [3.8, 4) is 5.75 Å². The first-order valence-corrected chi connectivity index (χ1v) is 9.03. The van der Waals surface area contributed by atoms with Gasteiger partial charge in [0.2, 0.25) is 0 Å². The average Bonchev–Trinajstić information content (AvgIpc) is 2.95. The minimum Gasteiger partial charge on any atom is -0.494 e. The van der Waals surface area contributed by atoms with Crippen LogP contribution in [-0.4, -0.2) is 17.3 Å². The second-order valence-electron chi connectivity index (χ2n) is 4.67. The van der Waals surface area contributed by atoms with Crippen molar-refractivity contribution in [3.05, 3.63) is 60.2 Å². The van der Waals surface area contributed by atoms with Crippen LogP contribution in [0.25, 0.3) is 16.3 Å². The summed E-state index contributed by atoms with van der Waals surface area (Å²) in [5.74, 6) is 1.84. The van der Waals surface area contributed by atoms with Crippen molar-refractivity contribution < 1.29 is 4.74 Å². The summed E-state index contributed by atoms with van der Waals surface area (Å²) in [4.78, 5) is 4.65. The molecule has 112 valence electrons. The zero-order valence-electron chi connectivity index (χ0n) is 12.4. The summed E-state index contributed by atoms with van der Waals surface area (Å²) >= 11 is 3.49. The van der Waals surface area contributed by atoms with Gasteiger partial charge in [-0.2, -0.15) is 0 Å². The Labute approximate surface area is 138 Å². The average molecular weight is 327 g/mol. The Morgan fingerprint density at radius 3 is 2.86 bits per heavy atom. The van der Waals surface area contributed by atoms with Crippen molar-refractivity contribution in [1.29, 1.82) is 0 Å². The lowest BCUT2D eigenvalue weighted by Crippen LogP contribution is -1.89. The number of aromatic nitrogens is 1. The molecule has 0 atom stereocenters. The van der Waals surface area contributed by atoms with Gasteiger partial charge in [-0.25, -0.2) is 4.98 Å². The molecule has 3 rings (SSSR count). The molecule has 0 fully saturated rings. The SMILES string of the molecule is CCOc1ccc2nc(SC/C=C/c3ccccc3)sc2c1. The normalized spacial score (nSPS) is 11.3. The molecule has 0 radical (unpaired) electrons. The molecule has 0 saturated carbocycles. The standard InChI is InChI=1S/C18H17NOS2/c1-2-20-15-10-11-16-17(13-15)22-18(19-16)21-12-6-9-14-7-4-3-5-8-14/h3-11,13H,2,12H2,1H3/b9-6+. The van der Waals surface area contributed by atoms with Gasteiger partial charge in [-0.05, 0) is 30.7 Å². The second kappa shape index (κ2) is 7.47. The van der Waals surface area contributed by atoms with E-state index in [9.17, 15) is 0 Å². The summed E-state index contributed by atoms with van der Waals surface area (Å²) in [6, 6.07) is 16.4. The number of hydrogen-bond acceptors (Lipinski definition) is 4. The van der Waals surface area contributed by atoms with Crippen molar-refractivity contribution in [2.24, 2.45) is 0 Å². The zero-order chi connectivity index (χ0) is 15.2. The topological polar surface area (TPSA) is 22.1 Å². The van der Waals surface area contributed by atoms with E-state index in [1.54, 1.807) is 23.1 Å². The van der Waals surface area contributed by atoms with E-state index in [-0.39, 0.29) is 0 Å². The summed E-state index contributed by atoms with van der Waals surface area (Å²) in [6.07, 6.45) is 4.32. The molecule has 3 aromatic rings. The van der Waals surface area contributed by atoms with Gasteiger partial charge in [-0.1, -0.05) is 54.2 Å². The van der Waals surface area contributed by atoms with Gasteiger partial charge in [0.1, 0.15) is 5.75 Å². The molecule has 22 heavy (non-hydrogen) atoms. The smallest absolute Gasteiger partial charge is 0.151 e. The summed E-state index contributed by atoms with van der Waals surface area (Å²) < 4.78 is 7.81. The molecule has 0 bridgehead atoms. The van der Waals surface area contributed by atoms with Crippen molar-refractivity contribution in [1.82, 2.24) is 4.98 Å². The predicted molar refractivity (Wildman–Crippen MR) is 97.0 cm³/mol. The minimum atomic E-state index is 0.691. The van der Waals surface area contributed by atoms with Gasteiger partial charge < -0.3 is 4.74 Å². The van der Waals surface area contributed by atoms with Gasteiger partial charge in [0.05, 0.1) is 16.8 Å². The van der Waals surface area contributed by atoms with E-state index < -0.39 is 0 Å². The van der Waals surface area contributed by atoms with Crippen molar-refractivity contribution >= 4 is 39.4 Å². The molecule has 0 amide bonds. The largest absolute Gasteiger partial charge is 0.494 e. The predicted octanol–water partition coefficient (Wildman–Crippen LogP) is 5.50. The van der Waals surface area contributed by atoms with Crippen LogP contribution in [0, 0.1) is 0 Å². The van der Waals surface area contributed by atoms with Gasteiger partial charge in [0, 0.05) is 5.75 Å². The van der Waals surface area contributed by atoms with Crippen LogP contribution in [0.5, 0.6) is 5.75 Å². The van der Waals surface area contributed by atoms with Gasteiger partial charge in [0.15, 0.2) is 4.34 Å². The fraction of sp³-hybridized carbons (Fsp3) is 0.167. The number of nitrogens with zero attached hydrogens (tertiary/aromatic N) is 1. The third-order valence-electron chi connectivity index (χ3n) is 3.06. The van der Waals surface area contributed by atoms with Gasteiger partial charge >= 0.3 is 0 Å². The van der Waals surface area contributed by atoms with Crippen LogP contribution in [0.1, 0.15) is 12.5 Å². The summed E-state index contributed by atoms with van der Waals surface area (Å²) in [6.45, 7) is 2.69. The third-order valence-corrected chi connectivity index (χ3v) is 5.18. The van der Waals surface area contributed by atoms with E-state index in [4.69, 9.17) is 4.74 Å². The van der Waals surface area contributed by atoms with Crippen molar-refractivity contribution in [2.75, 3.05) is 12.4 Å². The monoisotopic (exact) mass is 327 g/mol. The first kappa shape index (κ1) is 15.1. The maximum Gasteiger partial charge on any atom is 0.151 e. The van der Waals surface area contributed by atoms with Crippen LogP contribution in [0.3, 0.4) is 0 Å². The molecule has 0 aliphatic carbocycles. The highest BCUT2D eigenvalue weighted by Gasteiger charge is 2.05. The number of fused-ring (bicyclic) bond motifs is 1. The fourth-order valence-electron chi connectivity index (χ4n) is 2.07. The molecule has 1 aromatic heterocycles. The second-order valence-corrected chi connectivity index (χ2v) is 6.96. The van der Waals surface area contributed by atoms with E-state index in [2.05, 4.69) is 47.5 Å².